The van der Waals surface area contributed by atoms with E-state index in [1.807, 2.05) is 26.0 Å². The van der Waals surface area contributed by atoms with Crippen LogP contribution >= 0.6 is 0 Å². The van der Waals surface area contributed by atoms with Gasteiger partial charge in [-0.1, -0.05) is 35.4 Å². The van der Waals surface area contributed by atoms with Gasteiger partial charge in [-0.2, -0.15) is 8.42 Å². The lowest BCUT2D eigenvalue weighted by molar-refractivity contribution is 0.216. The quantitative estimate of drug-likeness (QED) is 0.813. The van der Waals surface area contributed by atoms with Gasteiger partial charge >= 0.3 is 0 Å². The molecule has 0 heterocycles. The Morgan fingerprint density at radius 2 is 1.30 bits per heavy atom. The van der Waals surface area contributed by atoms with Crippen LogP contribution in [0.15, 0.2) is 53.4 Å². The summed E-state index contributed by atoms with van der Waals surface area (Å²) in [6.45, 7) is 3.85. The molecule has 0 fully saturated rings. The summed E-state index contributed by atoms with van der Waals surface area (Å²) in [6.07, 6.45) is 0. The van der Waals surface area contributed by atoms with E-state index in [0.29, 0.717) is 5.69 Å². The molecule has 5 heteroatoms. The van der Waals surface area contributed by atoms with Gasteiger partial charge in [-0.3, -0.25) is 4.84 Å². The summed E-state index contributed by atoms with van der Waals surface area (Å²) in [6, 6.07) is 13.8. The maximum atomic E-state index is 12.6. The molecule has 0 saturated carbocycles. The van der Waals surface area contributed by atoms with E-state index in [0.717, 1.165) is 15.6 Å². The number of sulfonamides is 1. The topological polar surface area (TPSA) is 46.6 Å². The van der Waals surface area contributed by atoms with Gasteiger partial charge in [0, 0.05) is 0 Å². The predicted octanol–water partition coefficient (Wildman–Crippen LogP) is 3.06. The summed E-state index contributed by atoms with van der Waals surface area (Å²) in [5.41, 5.74) is 2.53. The van der Waals surface area contributed by atoms with Crippen molar-refractivity contribution in [1.82, 2.24) is 0 Å². The van der Waals surface area contributed by atoms with Gasteiger partial charge in [-0.25, -0.2) is 0 Å². The monoisotopic (exact) mass is 291 g/mol. The van der Waals surface area contributed by atoms with Crippen molar-refractivity contribution >= 4 is 15.7 Å². The molecule has 4 nitrogen and oxygen atoms in total. The highest BCUT2D eigenvalue weighted by Crippen LogP contribution is 2.24. The van der Waals surface area contributed by atoms with Crippen LogP contribution in [0.1, 0.15) is 11.1 Å². The molecule has 0 saturated heterocycles. The number of benzene rings is 2. The van der Waals surface area contributed by atoms with Crippen LogP contribution in [0, 0.1) is 13.8 Å². The molecule has 0 atom stereocenters. The van der Waals surface area contributed by atoms with Crippen LogP contribution in [0.3, 0.4) is 0 Å². The molecule has 20 heavy (non-hydrogen) atoms. The van der Waals surface area contributed by atoms with E-state index in [1.54, 1.807) is 36.4 Å². The van der Waals surface area contributed by atoms with Gasteiger partial charge in [0.05, 0.1) is 17.7 Å². The first-order valence-electron chi connectivity index (χ1n) is 6.18. The molecule has 0 aliphatic heterocycles. The third kappa shape index (κ3) is 2.84. The Hall–Kier alpha value is -1.85. The van der Waals surface area contributed by atoms with Gasteiger partial charge < -0.3 is 0 Å². The van der Waals surface area contributed by atoms with Gasteiger partial charge in [-0.15, -0.1) is 4.47 Å². The fourth-order valence-corrected chi connectivity index (χ4v) is 3.08. The van der Waals surface area contributed by atoms with Crippen LogP contribution in [0.25, 0.3) is 0 Å². The van der Waals surface area contributed by atoms with Crippen molar-refractivity contribution in [1.29, 1.82) is 0 Å². The van der Waals surface area contributed by atoms with E-state index >= 15 is 0 Å². The molecule has 106 valence electrons. The van der Waals surface area contributed by atoms with Crippen molar-refractivity contribution in [2.24, 2.45) is 0 Å². The molecule has 0 amide bonds. The Labute approximate surface area is 119 Å². The van der Waals surface area contributed by atoms with Crippen LogP contribution in [0.2, 0.25) is 0 Å². The number of rotatable bonds is 4. The number of aryl methyl sites for hydroxylation is 2. The Morgan fingerprint density at radius 1 is 0.850 bits per heavy atom. The zero-order chi connectivity index (χ0) is 14.8. The molecule has 0 N–H and O–H groups in total. The molecule has 0 spiro atoms. The average Bonchev–Trinajstić information content (AvgIpc) is 2.42. The molecule has 0 radical (unpaired) electrons. The van der Waals surface area contributed by atoms with Crippen LogP contribution < -0.4 is 4.47 Å². The largest absolute Gasteiger partial charge is 0.286 e. The van der Waals surface area contributed by atoms with Gasteiger partial charge in [0.15, 0.2) is 0 Å². The maximum Gasteiger partial charge on any atom is 0.286 e. The molecule has 0 aromatic heterocycles. The second-order valence-corrected chi connectivity index (χ2v) is 6.32. The van der Waals surface area contributed by atoms with Crippen molar-refractivity contribution in [3.05, 3.63) is 59.7 Å². The molecule has 0 unspecified atom stereocenters. The number of hydrogen-bond donors (Lipinski definition) is 0. The third-order valence-electron chi connectivity index (χ3n) is 2.95. The van der Waals surface area contributed by atoms with Crippen molar-refractivity contribution < 1.29 is 13.3 Å². The number of hydrogen-bond acceptors (Lipinski definition) is 3. The van der Waals surface area contributed by atoms with Crippen molar-refractivity contribution in [3.8, 4) is 0 Å². The first-order chi connectivity index (χ1) is 9.45. The Morgan fingerprint density at radius 3 is 1.75 bits per heavy atom. The van der Waals surface area contributed by atoms with Crippen molar-refractivity contribution in [3.63, 3.8) is 0 Å². The van der Waals surface area contributed by atoms with Crippen molar-refractivity contribution in [2.75, 3.05) is 11.6 Å². The van der Waals surface area contributed by atoms with E-state index in [-0.39, 0.29) is 4.90 Å². The van der Waals surface area contributed by atoms with Gasteiger partial charge in [0.25, 0.3) is 10.0 Å². The normalized spacial score (nSPS) is 11.3. The van der Waals surface area contributed by atoms with Crippen LogP contribution in [0.4, 0.5) is 5.69 Å². The SMILES string of the molecule is CON(c1ccc(C)cc1)S(=O)(=O)c1ccc(C)cc1. The summed E-state index contributed by atoms with van der Waals surface area (Å²) in [5.74, 6) is 0. The van der Waals surface area contributed by atoms with Crippen LogP contribution in [0.5, 0.6) is 0 Å². The fraction of sp³-hybridized carbons (Fsp3) is 0.200. The van der Waals surface area contributed by atoms with E-state index in [9.17, 15) is 8.42 Å². The first kappa shape index (κ1) is 14.6. The van der Waals surface area contributed by atoms with E-state index in [1.165, 1.54) is 7.11 Å². The second-order valence-electron chi connectivity index (χ2n) is 4.56. The lowest BCUT2D eigenvalue weighted by atomic mass is 10.2. The highest BCUT2D eigenvalue weighted by molar-refractivity contribution is 7.92. The lowest BCUT2D eigenvalue weighted by Gasteiger charge is -2.21. The average molecular weight is 291 g/mol. The Kier molecular flexibility index (Phi) is 4.11. The number of anilines is 1. The minimum absolute atomic E-state index is 0.200. The van der Waals surface area contributed by atoms with Crippen LogP contribution in [-0.2, 0) is 14.9 Å². The van der Waals surface area contributed by atoms with E-state index in [4.69, 9.17) is 4.84 Å². The second kappa shape index (κ2) is 5.64. The molecular formula is C15H17NO3S. The minimum Gasteiger partial charge on any atom is -0.262 e. The molecule has 2 aromatic carbocycles. The molecule has 2 rings (SSSR count). The van der Waals surface area contributed by atoms with E-state index < -0.39 is 10.0 Å². The molecule has 0 bridgehead atoms. The van der Waals surface area contributed by atoms with Gasteiger partial charge in [0.1, 0.15) is 0 Å². The summed E-state index contributed by atoms with van der Waals surface area (Å²) in [4.78, 5) is 5.27. The zero-order valence-electron chi connectivity index (χ0n) is 11.7. The standard InChI is InChI=1S/C15H17NO3S/c1-12-4-8-14(9-5-12)16(19-3)20(17,18)15-10-6-13(2)7-11-15/h4-11H,1-3H3. The zero-order valence-corrected chi connectivity index (χ0v) is 12.5. The van der Waals surface area contributed by atoms with Crippen molar-refractivity contribution in [2.45, 2.75) is 18.7 Å². The molecule has 2 aromatic rings. The Balaban J connectivity index is 2.44. The summed E-state index contributed by atoms with van der Waals surface area (Å²) in [5, 5.41) is 0. The Bertz CT molecular complexity index is 676. The fourth-order valence-electron chi connectivity index (χ4n) is 1.81. The molecular weight excluding hydrogens is 274 g/mol. The smallest absolute Gasteiger partial charge is 0.262 e. The first-order valence-corrected chi connectivity index (χ1v) is 7.62. The number of nitrogens with zero attached hydrogens (tertiary/aromatic N) is 1. The van der Waals surface area contributed by atoms with Gasteiger partial charge in [0.2, 0.25) is 0 Å². The molecule has 0 aliphatic rings. The highest BCUT2D eigenvalue weighted by Gasteiger charge is 2.25. The van der Waals surface area contributed by atoms with Gasteiger partial charge in [-0.05, 0) is 38.1 Å². The summed E-state index contributed by atoms with van der Waals surface area (Å²) >= 11 is 0. The lowest BCUT2D eigenvalue weighted by Crippen LogP contribution is -2.29. The van der Waals surface area contributed by atoms with Crippen LogP contribution in [-0.4, -0.2) is 15.5 Å². The minimum atomic E-state index is -3.72. The predicted molar refractivity (Wildman–Crippen MR) is 79.0 cm³/mol. The summed E-state index contributed by atoms with van der Waals surface area (Å²) in [7, 11) is -2.38. The summed E-state index contributed by atoms with van der Waals surface area (Å²) < 4.78 is 26.0. The molecule has 0 aliphatic carbocycles. The maximum absolute atomic E-state index is 12.6. The van der Waals surface area contributed by atoms with E-state index in [2.05, 4.69) is 0 Å². The third-order valence-corrected chi connectivity index (χ3v) is 4.61. The highest BCUT2D eigenvalue weighted by atomic mass is 32.2.